The Bertz CT molecular complexity index is 1420. The van der Waals surface area contributed by atoms with Crippen LogP contribution < -0.4 is 38.5 Å². The molecule has 0 aliphatic heterocycles. The Hall–Kier alpha value is -4.60. The smallest absolute Gasteiger partial charge is 0.272 e. The van der Waals surface area contributed by atoms with Gasteiger partial charge in [-0.2, -0.15) is 0 Å². The number of nitrogens with two attached hydrogens (primary N) is 3. The van der Waals surface area contributed by atoms with E-state index in [1.807, 2.05) is 0 Å². The average molecular weight is 576 g/mol. The molecule has 0 fully saturated rings. The van der Waals surface area contributed by atoms with Crippen LogP contribution in [0.25, 0.3) is 0 Å². The molecule has 3 aromatic rings. The summed E-state index contributed by atoms with van der Waals surface area (Å²) < 4.78 is 4.66. The van der Waals surface area contributed by atoms with Gasteiger partial charge in [0.1, 0.15) is 17.1 Å². The van der Waals surface area contributed by atoms with Gasteiger partial charge in [0.25, 0.3) is 17.7 Å². The second kappa shape index (κ2) is 13.5. The van der Waals surface area contributed by atoms with Crippen molar-refractivity contribution in [3.8, 4) is 0 Å². The van der Waals surface area contributed by atoms with Crippen molar-refractivity contribution < 1.29 is 19.2 Å². The highest BCUT2D eigenvalue weighted by Crippen LogP contribution is 2.19. The lowest BCUT2D eigenvalue weighted by Crippen LogP contribution is -2.41. The molecule has 11 N–H and O–H groups in total. The van der Waals surface area contributed by atoms with Gasteiger partial charge in [0, 0.05) is 59.2 Å². The maximum atomic E-state index is 12.9. The minimum Gasteiger partial charge on any atom is -0.388 e. The third-order valence-electron chi connectivity index (χ3n) is 5.77. The molecule has 0 spiro atoms. The number of aromatic nitrogens is 3. The number of rotatable bonds is 11. The van der Waals surface area contributed by atoms with Gasteiger partial charge in [-0.25, -0.2) is 0 Å². The molecule has 1 atom stereocenters. The number of nitrogens with one attached hydrogen (secondary N) is 5. The predicted molar refractivity (Wildman–Crippen MR) is 154 cm³/mol. The molecule has 0 radical (unpaired) electrons. The zero-order chi connectivity index (χ0) is 28.9. The van der Waals surface area contributed by atoms with Gasteiger partial charge < -0.3 is 52.2 Å². The van der Waals surface area contributed by atoms with Crippen molar-refractivity contribution >= 4 is 58.9 Å². The lowest BCUT2D eigenvalue weighted by Gasteiger charge is -2.07. The Morgan fingerprint density at radius 3 is 1.60 bits per heavy atom. The number of nitrogens with zero attached hydrogens (tertiary/aromatic N) is 3. The molecular formula is C24H34ClN11O4. The molecule has 3 aromatic heterocycles. The van der Waals surface area contributed by atoms with Crippen molar-refractivity contribution in [2.75, 3.05) is 29.0 Å². The Labute approximate surface area is 236 Å². The van der Waals surface area contributed by atoms with Crippen LogP contribution in [0.5, 0.6) is 0 Å². The maximum Gasteiger partial charge on any atom is 0.272 e. The first-order valence-electron chi connectivity index (χ1n) is 11.9. The van der Waals surface area contributed by atoms with Crippen molar-refractivity contribution in [1.29, 1.82) is 5.41 Å². The van der Waals surface area contributed by atoms with Gasteiger partial charge in [0.15, 0.2) is 0 Å². The number of hydrogen-bond donors (Lipinski definition) is 8. The zero-order valence-corrected chi connectivity index (χ0v) is 23.1. The monoisotopic (exact) mass is 575 g/mol. The van der Waals surface area contributed by atoms with Crippen LogP contribution in [-0.4, -0.2) is 62.3 Å². The van der Waals surface area contributed by atoms with Crippen molar-refractivity contribution in [2.45, 2.75) is 12.5 Å². The topological polar surface area (TPSA) is 233 Å². The van der Waals surface area contributed by atoms with E-state index in [9.17, 15) is 19.2 Å². The Morgan fingerprint density at radius 2 is 1.20 bits per heavy atom. The van der Waals surface area contributed by atoms with Gasteiger partial charge >= 0.3 is 0 Å². The molecule has 0 saturated carbocycles. The Kier molecular flexibility index (Phi) is 10.6. The van der Waals surface area contributed by atoms with Gasteiger partial charge in [0.05, 0.1) is 28.9 Å². The van der Waals surface area contributed by atoms with Crippen LogP contribution in [0, 0.1) is 5.41 Å². The maximum absolute atomic E-state index is 12.9. The van der Waals surface area contributed by atoms with E-state index >= 15 is 0 Å². The summed E-state index contributed by atoms with van der Waals surface area (Å²) >= 11 is 0. The third kappa shape index (κ3) is 7.72. The van der Waals surface area contributed by atoms with E-state index < -0.39 is 23.8 Å². The first-order valence-corrected chi connectivity index (χ1v) is 11.9. The summed E-state index contributed by atoms with van der Waals surface area (Å²) in [5.74, 6) is -1.77. The van der Waals surface area contributed by atoms with Crippen LogP contribution >= 0.6 is 12.4 Å². The molecule has 0 saturated heterocycles. The molecule has 1 unspecified atom stereocenters. The molecule has 3 heterocycles. The number of anilines is 3. The molecule has 16 heteroatoms. The summed E-state index contributed by atoms with van der Waals surface area (Å²) in [4.78, 5) is 50.1. The minimum atomic E-state index is -0.867. The Balaban J connectivity index is 0.00000560. The van der Waals surface area contributed by atoms with Gasteiger partial charge in [-0.3, -0.25) is 24.6 Å². The van der Waals surface area contributed by atoms with E-state index in [2.05, 4.69) is 21.3 Å². The van der Waals surface area contributed by atoms with Crippen LogP contribution in [0.3, 0.4) is 0 Å². The fraction of sp³-hybridized carbons (Fsp3) is 0.292. The summed E-state index contributed by atoms with van der Waals surface area (Å²) in [7, 11) is 4.97. The van der Waals surface area contributed by atoms with Gasteiger partial charge in [-0.15, -0.1) is 12.4 Å². The first-order chi connectivity index (χ1) is 18.4. The van der Waals surface area contributed by atoms with Gasteiger partial charge in [-0.05, 0) is 18.2 Å². The molecule has 3 rings (SSSR count). The number of carbonyl (C=O) groups excluding carboxylic acids is 4. The molecule has 0 bridgehead atoms. The van der Waals surface area contributed by atoms with Crippen molar-refractivity contribution in [1.82, 2.24) is 19.0 Å². The highest BCUT2D eigenvalue weighted by atomic mass is 35.5. The summed E-state index contributed by atoms with van der Waals surface area (Å²) in [6, 6.07) is 3.67. The average Bonchev–Trinajstić information content (AvgIpc) is 3.53. The zero-order valence-electron chi connectivity index (χ0n) is 22.3. The molecule has 216 valence electrons. The van der Waals surface area contributed by atoms with Crippen LogP contribution in [0.2, 0.25) is 0 Å². The van der Waals surface area contributed by atoms with E-state index in [-0.39, 0.29) is 55.0 Å². The molecule has 0 aliphatic rings. The van der Waals surface area contributed by atoms with Crippen LogP contribution in [0.4, 0.5) is 17.1 Å². The summed E-state index contributed by atoms with van der Waals surface area (Å²) in [5.41, 5.74) is 18.3. The van der Waals surface area contributed by atoms with Crippen molar-refractivity contribution in [2.24, 2.45) is 38.3 Å². The fourth-order valence-electron chi connectivity index (χ4n) is 3.71. The van der Waals surface area contributed by atoms with E-state index in [4.69, 9.17) is 22.6 Å². The standard InChI is InChI=1S/C24H33N11O4.ClH/c1-33-11-14(6-17(33)22(37)29-5-4-20(27)28)31-24(39)19-8-15(12-35(19)3)32-23(38)18-7-13(10-34(18)2)30-21(36)16(26)9-25;/h6-8,10-12,16H,4-5,9,25-26H2,1-3H3,(H3,27,28)(H,29,37)(H,30,36)(H,31,39)(H,32,38);1H. The number of amidine groups is 1. The normalized spacial score (nSPS) is 11.2. The van der Waals surface area contributed by atoms with Crippen molar-refractivity contribution in [3.63, 3.8) is 0 Å². The van der Waals surface area contributed by atoms with Gasteiger partial charge in [-0.1, -0.05) is 0 Å². The lowest BCUT2D eigenvalue weighted by atomic mass is 10.3. The quantitative estimate of drug-likeness (QED) is 0.114. The molecule has 0 aliphatic carbocycles. The van der Waals surface area contributed by atoms with Gasteiger partial charge in [0.2, 0.25) is 5.91 Å². The van der Waals surface area contributed by atoms with E-state index in [0.717, 1.165) is 0 Å². The third-order valence-corrected chi connectivity index (χ3v) is 5.77. The van der Waals surface area contributed by atoms with Crippen LogP contribution in [0.1, 0.15) is 37.9 Å². The molecule has 15 nitrogen and oxygen atoms in total. The number of amides is 4. The highest BCUT2D eigenvalue weighted by Gasteiger charge is 2.19. The molecule has 40 heavy (non-hydrogen) atoms. The highest BCUT2D eigenvalue weighted by molar-refractivity contribution is 6.08. The molecular weight excluding hydrogens is 542 g/mol. The SMILES string of the molecule is Cl.Cn1cc(NC(=O)c2cc(NC(=O)c3cc(NC(=O)C(N)CN)cn3C)cn2C)cc1C(=O)NCCC(=N)N. The number of carbonyl (C=O) groups is 4. The predicted octanol–water partition coefficient (Wildman–Crippen LogP) is -0.0911. The number of hydrogen-bond acceptors (Lipinski definition) is 7. The van der Waals surface area contributed by atoms with Crippen LogP contribution in [0.15, 0.2) is 36.8 Å². The summed E-state index contributed by atoms with van der Waals surface area (Å²) in [6.07, 6.45) is 4.97. The second-order valence-electron chi connectivity index (χ2n) is 8.95. The summed E-state index contributed by atoms with van der Waals surface area (Å²) in [5, 5.41) is 18.0. The van der Waals surface area contributed by atoms with E-state index in [1.54, 1.807) is 53.4 Å². The lowest BCUT2D eigenvalue weighted by molar-refractivity contribution is -0.117. The molecule has 0 aromatic carbocycles. The minimum absolute atomic E-state index is 0. The van der Waals surface area contributed by atoms with E-state index in [0.29, 0.717) is 22.8 Å². The fourth-order valence-corrected chi connectivity index (χ4v) is 3.71. The first kappa shape index (κ1) is 31.6. The number of halogens is 1. The van der Waals surface area contributed by atoms with Crippen LogP contribution in [-0.2, 0) is 25.9 Å². The Morgan fingerprint density at radius 1 is 0.800 bits per heavy atom. The summed E-state index contributed by atoms with van der Waals surface area (Å²) in [6.45, 7) is 0.207. The molecule has 4 amide bonds. The van der Waals surface area contributed by atoms with E-state index in [1.165, 1.54) is 18.2 Å². The largest absolute Gasteiger partial charge is 0.388 e. The number of aryl methyl sites for hydroxylation is 3. The second-order valence-corrected chi connectivity index (χ2v) is 8.95. The van der Waals surface area contributed by atoms with Crippen molar-refractivity contribution in [3.05, 3.63) is 53.9 Å².